The lowest BCUT2D eigenvalue weighted by Gasteiger charge is -2.30. The van der Waals surface area contributed by atoms with Crippen molar-refractivity contribution in [3.63, 3.8) is 0 Å². The second-order valence-corrected chi connectivity index (χ2v) is 5.49. The number of allylic oxidation sites excluding steroid dienone is 1. The highest BCUT2D eigenvalue weighted by atomic mass is 35.5. The van der Waals surface area contributed by atoms with Crippen molar-refractivity contribution in [1.82, 2.24) is 0 Å². The van der Waals surface area contributed by atoms with Gasteiger partial charge >= 0.3 is 0 Å². The van der Waals surface area contributed by atoms with E-state index in [0.717, 1.165) is 37.5 Å². The molecule has 0 N–H and O–H groups in total. The average Bonchev–Trinajstić information content (AvgIpc) is 2.77. The molecule has 1 aliphatic carbocycles. The zero-order valence-corrected chi connectivity index (χ0v) is 11.3. The Labute approximate surface area is 113 Å². The summed E-state index contributed by atoms with van der Waals surface area (Å²) in [5, 5.41) is 0.805. The third kappa shape index (κ3) is 2.33. The Bertz CT molecular complexity index is 467. The fourth-order valence-electron chi connectivity index (χ4n) is 2.75. The van der Waals surface area contributed by atoms with Crippen molar-refractivity contribution in [2.75, 3.05) is 13.2 Å². The zero-order valence-electron chi connectivity index (χ0n) is 10.5. The maximum atomic E-state index is 6.11. The van der Waals surface area contributed by atoms with E-state index in [9.17, 15) is 0 Å². The predicted molar refractivity (Wildman–Crippen MR) is 72.7 cm³/mol. The fourth-order valence-corrected chi connectivity index (χ4v) is 3.04. The van der Waals surface area contributed by atoms with Crippen molar-refractivity contribution in [2.24, 2.45) is 0 Å². The van der Waals surface area contributed by atoms with E-state index in [2.05, 4.69) is 19.1 Å². The van der Waals surface area contributed by atoms with Gasteiger partial charge in [-0.25, -0.2) is 0 Å². The third-order valence-electron chi connectivity index (χ3n) is 3.66. The van der Waals surface area contributed by atoms with E-state index in [1.165, 1.54) is 16.7 Å². The molecule has 0 saturated carbocycles. The third-order valence-corrected chi connectivity index (χ3v) is 3.88. The molecule has 2 nitrogen and oxygen atoms in total. The van der Waals surface area contributed by atoms with Gasteiger partial charge in [-0.3, -0.25) is 0 Å². The van der Waals surface area contributed by atoms with E-state index in [0.29, 0.717) is 0 Å². The Morgan fingerprint density at radius 1 is 1.17 bits per heavy atom. The molecule has 1 aromatic carbocycles. The van der Waals surface area contributed by atoms with E-state index in [1.54, 1.807) is 0 Å². The Kier molecular flexibility index (Phi) is 3.18. The van der Waals surface area contributed by atoms with Crippen LogP contribution in [-0.4, -0.2) is 19.0 Å². The minimum atomic E-state index is -0.336. The summed E-state index contributed by atoms with van der Waals surface area (Å²) in [6.45, 7) is 3.52. The summed E-state index contributed by atoms with van der Waals surface area (Å²) in [5.41, 5.74) is 3.78. The predicted octanol–water partition coefficient (Wildman–Crippen LogP) is 3.96. The summed E-state index contributed by atoms with van der Waals surface area (Å²) in [4.78, 5) is 0. The highest BCUT2D eigenvalue weighted by Crippen LogP contribution is 2.38. The number of halogens is 1. The first kappa shape index (κ1) is 12.2. The summed E-state index contributed by atoms with van der Waals surface area (Å²) >= 11 is 6.11. The van der Waals surface area contributed by atoms with Crippen LogP contribution < -0.4 is 0 Å². The molecule has 0 unspecified atom stereocenters. The molecule has 0 radical (unpaired) electrons. The number of ether oxygens (including phenoxy) is 2. The zero-order chi connectivity index (χ0) is 12.6. The standard InChI is InChI=1S/C15H17ClO2/c1-11-8-13(10-14(16)9-11)12-2-4-15(5-3-12)17-6-7-18-15/h2,8-10H,3-7H2,1H3. The van der Waals surface area contributed by atoms with Crippen molar-refractivity contribution in [3.8, 4) is 0 Å². The molecule has 1 heterocycles. The minimum absolute atomic E-state index is 0.336. The molecule has 1 spiro atoms. The molecule has 3 rings (SSSR count). The number of aryl methyl sites for hydroxylation is 1. The van der Waals surface area contributed by atoms with Crippen molar-refractivity contribution < 1.29 is 9.47 Å². The van der Waals surface area contributed by atoms with Gasteiger partial charge in [0, 0.05) is 17.9 Å². The molecule has 18 heavy (non-hydrogen) atoms. The Balaban J connectivity index is 1.83. The van der Waals surface area contributed by atoms with E-state index < -0.39 is 0 Å². The second-order valence-electron chi connectivity index (χ2n) is 5.06. The number of rotatable bonds is 1. The van der Waals surface area contributed by atoms with Gasteiger partial charge in [-0.15, -0.1) is 0 Å². The normalized spacial score (nSPS) is 22.2. The first-order valence-electron chi connectivity index (χ1n) is 6.41. The van der Waals surface area contributed by atoms with Gasteiger partial charge in [0.25, 0.3) is 0 Å². The minimum Gasteiger partial charge on any atom is -0.347 e. The van der Waals surface area contributed by atoms with Gasteiger partial charge in [0.2, 0.25) is 0 Å². The number of benzene rings is 1. The molecule has 3 heteroatoms. The highest BCUT2D eigenvalue weighted by molar-refractivity contribution is 6.30. The van der Waals surface area contributed by atoms with Crippen LogP contribution in [0.4, 0.5) is 0 Å². The summed E-state index contributed by atoms with van der Waals surface area (Å²) < 4.78 is 11.4. The van der Waals surface area contributed by atoms with Crippen LogP contribution in [0.25, 0.3) is 5.57 Å². The fraction of sp³-hybridized carbons (Fsp3) is 0.467. The van der Waals surface area contributed by atoms with Gasteiger partial charge in [0.05, 0.1) is 13.2 Å². The maximum absolute atomic E-state index is 6.11. The van der Waals surface area contributed by atoms with Crippen LogP contribution >= 0.6 is 11.6 Å². The first-order valence-corrected chi connectivity index (χ1v) is 6.79. The van der Waals surface area contributed by atoms with Gasteiger partial charge in [-0.05, 0) is 42.2 Å². The topological polar surface area (TPSA) is 18.5 Å². The molecule has 96 valence electrons. The first-order chi connectivity index (χ1) is 8.67. The Morgan fingerprint density at radius 2 is 1.94 bits per heavy atom. The quantitative estimate of drug-likeness (QED) is 0.764. The van der Waals surface area contributed by atoms with Crippen LogP contribution in [-0.2, 0) is 9.47 Å². The highest BCUT2D eigenvalue weighted by Gasteiger charge is 2.37. The summed E-state index contributed by atoms with van der Waals surface area (Å²) in [7, 11) is 0. The molecule has 0 amide bonds. The molecule has 1 aromatic rings. The van der Waals surface area contributed by atoms with E-state index in [4.69, 9.17) is 21.1 Å². The molecule has 1 saturated heterocycles. The van der Waals surface area contributed by atoms with Crippen LogP contribution in [0.2, 0.25) is 5.02 Å². The SMILES string of the molecule is Cc1cc(Cl)cc(C2=CCC3(CC2)OCCO3)c1. The van der Waals surface area contributed by atoms with Crippen LogP contribution in [0.15, 0.2) is 24.3 Å². The van der Waals surface area contributed by atoms with Gasteiger partial charge in [-0.1, -0.05) is 23.7 Å². The van der Waals surface area contributed by atoms with Gasteiger partial charge in [0.1, 0.15) is 0 Å². The van der Waals surface area contributed by atoms with Crippen molar-refractivity contribution in [1.29, 1.82) is 0 Å². The van der Waals surface area contributed by atoms with Crippen LogP contribution in [0.1, 0.15) is 30.4 Å². The summed E-state index contributed by atoms with van der Waals surface area (Å²) in [6.07, 6.45) is 5.00. The van der Waals surface area contributed by atoms with Crippen molar-refractivity contribution in [2.45, 2.75) is 32.0 Å². The lowest BCUT2D eigenvalue weighted by atomic mass is 9.89. The lowest BCUT2D eigenvalue weighted by molar-refractivity contribution is -0.159. The maximum Gasteiger partial charge on any atom is 0.172 e. The van der Waals surface area contributed by atoms with Crippen molar-refractivity contribution >= 4 is 17.2 Å². The molecule has 0 aromatic heterocycles. The van der Waals surface area contributed by atoms with E-state index in [1.807, 2.05) is 12.1 Å². The van der Waals surface area contributed by atoms with Crippen LogP contribution in [0, 0.1) is 6.92 Å². The monoisotopic (exact) mass is 264 g/mol. The largest absolute Gasteiger partial charge is 0.347 e. The molecular weight excluding hydrogens is 248 g/mol. The summed E-state index contributed by atoms with van der Waals surface area (Å²) in [6, 6.07) is 6.21. The average molecular weight is 265 g/mol. The number of hydrogen-bond acceptors (Lipinski definition) is 2. The second kappa shape index (κ2) is 4.69. The lowest BCUT2D eigenvalue weighted by Crippen LogP contribution is -2.31. The molecule has 1 fully saturated rings. The Morgan fingerprint density at radius 3 is 2.56 bits per heavy atom. The van der Waals surface area contributed by atoms with E-state index in [-0.39, 0.29) is 5.79 Å². The van der Waals surface area contributed by atoms with E-state index >= 15 is 0 Å². The van der Waals surface area contributed by atoms with Gasteiger partial charge < -0.3 is 9.47 Å². The van der Waals surface area contributed by atoms with Crippen molar-refractivity contribution in [3.05, 3.63) is 40.4 Å². The molecule has 2 aliphatic rings. The van der Waals surface area contributed by atoms with Gasteiger partial charge in [-0.2, -0.15) is 0 Å². The van der Waals surface area contributed by atoms with Crippen LogP contribution in [0.5, 0.6) is 0 Å². The van der Waals surface area contributed by atoms with Crippen LogP contribution in [0.3, 0.4) is 0 Å². The molecule has 0 bridgehead atoms. The number of hydrogen-bond donors (Lipinski definition) is 0. The van der Waals surface area contributed by atoms with Gasteiger partial charge in [0.15, 0.2) is 5.79 Å². The smallest absolute Gasteiger partial charge is 0.172 e. The molecule has 1 aliphatic heterocycles. The Hall–Kier alpha value is -0.830. The summed E-state index contributed by atoms with van der Waals surface area (Å²) in [5.74, 6) is -0.336. The molecular formula is C15H17ClO2. The molecule has 0 atom stereocenters.